The molecule has 0 aromatic carbocycles. The average Bonchev–Trinajstić information content (AvgIpc) is 2.30. The molecule has 0 N–H and O–H groups in total. The first-order valence-electron chi connectivity index (χ1n) is 4.45. The van der Waals surface area contributed by atoms with E-state index in [1.54, 1.807) is 12.3 Å². The summed E-state index contributed by atoms with van der Waals surface area (Å²) >= 11 is 0. The van der Waals surface area contributed by atoms with Gasteiger partial charge in [0.1, 0.15) is 5.70 Å². The summed E-state index contributed by atoms with van der Waals surface area (Å²) in [4.78, 5) is 17.8. The molecule has 0 radical (unpaired) electrons. The van der Waals surface area contributed by atoms with Gasteiger partial charge in [0, 0.05) is 11.1 Å². The first-order valence-corrected chi connectivity index (χ1v) is 4.45. The minimum Gasteiger partial charge on any atom is -0.466 e. The van der Waals surface area contributed by atoms with Gasteiger partial charge in [-0.05, 0) is 30.2 Å². The number of rotatable bonds is 3. The van der Waals surface area contributed by atoms with E-state index in [0.717, 1.165) is 5.56 Å². The van der Waals surface area contributed by atoms with Crippen LogP contribution in [0.2, 0.25) is 0 Å². The Hall–Kier alpha value is -2.33. The lowest BCUT2D eigenvalue weighted by atomic mass is 10.2. The highest BCUT2D eigenvalue weighted by Gasteiger charge is 2.07. The fourth-order valence-corrected chi connectivity index (χ4v) is 0.986. The third-order valence-corrected chi connectivity index (χ3v) is 1.77. The lowest BCUT2D eigenvalue weighted by Crippen LogP contribution is -2.02. The van der Waals surface area contributed by atoms with Gasteiger partial charge in [0.05, 0.1) is 12.8 Å². The van der Waals surface area contributed by atoms with Gasteiger partial charge in [-0.25, -0.2) is 4.79 Å². The van der Waals surface area contributed by atoms with Crippen molar-refractivity contribution < 1.29 is 9.53 Å². The molecule has 0 aliphatic carbocycles. The number of aryl methyl sites for hydroxylation is 1. The second kappa shape index (κ2) is 5.53. The number of azide groups is 1. The third-order valence-electron chi connectivity index (χ3n) is 1.77. The zero-order chi connectivity index (χ0) is 12.0. The van der Waals surface area contributed by atoms with Crippen molar-refractivity contribution in [2.24, 2.45) is 5.11 Å². The smallest absolute Gasteiger partial charge is 0.340 e. The number of carbonyl (C=O) groups is 1. The molecule has 0 fully saturated rings. The largest absolute Gasteiger partial charge is 0.466 e. The number of aromatic nitrogens is 1. The topological polar surface area (TPSA) is 88.0 Å². The van der Waals surface area contributed by atoms with Gasteiger partial charge in [0.2, 0.25) is 0 Å². The minimum atomic E-state index is -0.694. The number of carbonyl (C=O) groups excluding carboxylic acids is 1. The van der Waals surface area contributed by atoms with Crippen molar-refractivity contribution in [3.05, 3.63) is 45.7 Å². The first-order chi connectivity index (χ1) is 7.67. The van der Waals surface area contributed by atoms with E-state index in [4.69, 9.17) is 5.53 Å². The van der Waals surface area contributed by atoms with Gasteiger partial charge in [-0.2, -0.15) is 0 Å². The molecular formula is C10H10N4O2. The highest BCUT2D eigenvalue weighted by Crippen LogP contribution is 2.08. The molecule has 0 saturated heterocycles. The van der Waals surface area contributed by atoms with Crippen molar-refractivity contribution in [1.29, 1.82) is 0 Å². The van der Waals surface area contributed by atoms with Gasteiger partial charge >= 0.3 is 5.97 Å². The summed E-state index contributed by atoms with van der Waals surface area (Å²) < 4.78 is 4.46. The Morgan fingerprint density at radius 1 is 1.62 bits per heavy atom. The van der Waals surface area contributed by atoms with E-state index in [1.807, 2.05) is 13.0 Å². The van der Waals surface area contributed by atoms with Gasteiger partial charge in [0.25, 0.3) is 0 Å². The predicted octanol–water partition coefficient (Wildman–Crippen LogP) is 2.21. The van der Waals surface area contributed by atoms with Crippen LogP contribution < -0.4 is 0 Å². The predicted molar refractivity (Wildman–Crippen MR) is 58.1 cm³/mol. The van der Waals surface area contributed by atoms with Crippen LogP contribution in [0.3, 0.4) is 0 Å². The van der Waals surface area contributed by atoms with Gasteiger partial charge in [-0.15, -0.1) is 0 Å². The van der Waals surface area contributed by atoms with Crippen molar-refractivity contribution in [2.75, 3.05) is 7.11 Å². The zero-order valence-corrected chi connectivity index (χ0v) is 8.91. The molecule has 0 amide bonds. The molecule has 6 nitrogen and oxygen atoms in total. The molecule has 0 bridgehead atoms. The molecule has 0 saturated carbocycles. The van der Waals surface area contributed by atoms with Crippen LogP contribution in [-0.4, -0.2) is 18.1 Å². The number of hydrogen-bond donors (Lipinski definition) is 0. The van der Waals surface area contributed by atoms with E-state index in [-0.39, 0.29) is 5.70 Å². The number of ether oxygens (including phenoxy) is 1. The molecule has 16 heavy (non-hydrogen) atoms. The highest BCUT2D eigenvalue weighted by atomic mass is 16.5. The number of pyridine rings is 1. The van der Waals surface area contributed by atoms with E-state index in [0.29, 0.717) is 5.69 Å². The molecule has 1 rings (SSSR count). The molecule has 0 aliphatic heterocycles. The van der Waals surface area contributed by atoms with Crippen molar-refractivity contribution in [1.82, 2.24) is 4.98 Å². The van der Waals surface area contributed by atoms with Crippen LogP contribution in [0.1, 0.15) is 11.3 Å². The second-order valence-electron chi connectivity index (χ2n) is 2.97. The molecule has 1 aromatic heterocycles. The molecule has 6 heteroatoms. The Bertz CT molecular complexity index is 458. The summed E-state index contributed by atoms with van der Waals surface area (Å²) in [5, 5.41) is 3.24. The van der Waals surface area contributed by atoms with E-state index in [9.17, 15) is 4.79 Å². The maximum Gasteiger partial charge on any atom is 0.340 e. The normalized spacial score (nSPS) is 10.5. The van der Waals surface area contributed by atoms with E-state index in [2.05, 4.69) is 19.7 Å². The minimum absolute atomic E-state index is 0.124. The van der Waals surface area contributed by atoms with Gasteiger partial charge in [0.15, 0.2) is 0 Å². The Labute approximate surface area is 92.2 Å². The number of hydrogen-bond acceptors (Lipinski definition) is 4. The molecule has 0 aliphatic rings. The standard InChI is InChI=1S/C10H10N4O2/c1-7-3-4-8(12-6-7)5-9(13-14-11)10(15)16-2/h3-6H,1-2H3/b9-5-. The van der Waals surface area contributed by atoms with Crippen LogP contribution in [-0.2, 0) is 9.53 Å². The molecule has 82 valence electrons. The van der Waals surface area contributed by atoms with Gasteiger partial charge in [-0.3, -0.25) is 4.98 Å². The Morgan fingerprint density at radius 3 is 2.88 bits per heavy atom. The zero-order valence-electron chi connectivity index (χ0n) is 8.91. The number of nitrogens with zero attached hydrogens (tertiary/aromatic N) is 4. The molecule has 1 heterocycles. The SMILES string of the molecule is COC(=O)/C(=C/c1ccc(C)cn1)N=[N+]=[N-]. The fourth-order valence-electron chi connectivity index (χ4n) is 0.986. The average molecular weight is 218 g/mol. The van der Waals surface area contributed by atoms with Gasteiger partial charge < -0.3 is 4.74 Å². The molecule has 1 aromatic rings. The van der Waals surface area contributed by atoms with Crippen LogP contribution in [0.25, 0.3) is 16.5 Å². The monoisotopic (exact) mass is 218 g/mol. The Kier molecular flexibility index (Phi) is 4.06. The van der Waals surface area contributed by atoms with Crippen molar-refractivity contribution in [3.8, 4) is 0 Å². The summed E-state index contributed by atoms with van der Waals surface area (Å²) in [6.45, 7) is 1.90. The summed E-state index contributed by atoms with van der Waals surface area (Å²) in [7, 11) is 1.21. The summed E-state index contributed by atoms with van der Waals surface area (Å²) in [5.41, 5.74) is 9.70. The Balaban J connectivity index is 3.06. The summed E-state index contributed by atoms with van der Waals surface area (Å²) in [6.07, 6.45) is 3.02. The third kappa shape index (κ3) is 3.11. The van der Waals surface area contributed by atoms with Crippen LogP contribution in [0, 0.1) is 6.92 Å². The fraction of sp³-hybridized carbons (Fsp3) is 0.200. The van der Waals surface area contributed by atoms with Crippen molar-refractivity contribution in [2.45, 2.75) is 6.92 Å². The lowest BCUT2D eigenvalue weighted by Gasteiger charge is -1.98. The lowest BCUT2D eigenvalue weighted by molar-refractivity contribution is -0.136. The molecule has 0 atom stereocenters. The van der Waals surface area contributed by atoms with E-state index < -0.39 is 5.97 Å². The summed E-state index contributed by atoms with van der Waals surface area (Å²) in [5.74, 6) is -0.694. The number of esters is 1. The maximum atomic E-state index is 11.2. The van der Waals surface area contributed by atoms with Crippen LogP contribution in [0.4, 0.5) is 0 Å². The second-order valence-corrected chi connectivity index (χ2v) is 2.97. The van der Waals surface area contributed by atoms with Crippen LogP contribution >= 0.6 is 0 Å². The van der Waals surface area contributed by atoms with Crippen LogP contribution in [0.15, 0.2) is 29.1 Å². The molecule has 0 unspecified atom stereocenters. The highest BCUT2D eigenvalue weighted by molar-refractivity contribution is 5.92. The molecular weight excluding hydrogens is 208 g/mol. The number of methoxy groups -OCH3 is 1. The summed E-state index contributed by atoms with van der Waals surface area (Å²) in [6, 6.07) is 3.55. The van der Waals surface area contributed by atoms with E-state index >= 15 is 0 Å². The first kappa shape index (κ1) is 11.7. The van der Waals surface area contributed by atoms with Gasteiger partial charge in [-0.1, -0.05) is 11.2 Å². The molecule has 0 spiro atoms. The van der Waals surface area contributed by atoms with Crippen LogP contribution in [0.5, 0.6) is 0 Å². The maximum absolute atomic E-state index is 11.2. The van der Waals surface area contributed by atoms with Crippen molar-refractivity contribution in [3.63, 3.8) is 0 Å². The van der Waals surface area contributed by atoms with Crippen molar-refractivity contribution >= 4 is 12.0 Å². The van der Waals surface area contributed by atoms with E-state index in [1.165, 1.54) is 13.2 Å². The quantitative estimate of drug-likeness (QED) is 0.256. The Morgan fingerprint density at radius 2 is 2.38 bits per heavy atom.